The van der Waals surface area contributed by atoms with Crippen LogP contribution in [0.15, 0.2) is 18.3 Å². The normalized spacial score (nSPS) is 10.9. The molecule has 0 amide bonds. The third-order valence-corrected chi connectivity index (χ3v) is 3.31. The van der Waals surface area contributed by atoms with Gasteiger partial charge in [-0.1, -0.05) is 6.07 Å². The molecule has 0 saturated heterocycles. The van der Waals surface area contributed by atoms with Crippen LogP contribution in [-0.2, 0) is 0 Å². The molecule has 0 aliphatic carbocycles. The van der Waals surface area contributed by atoms with Crippen LogP contribution in [0.1, 0.15) is 18.4 Å². The molecule has 0 aliphatic rings. The van der Waals surface area contributed by atoms with Crippen molar-refractivity contribution in [1.82, 2.24) is 14.6 Å². The Kier molecular flexibility index (Phi) is 4.25. The third kappa shape index (κ3) is 3.12. The lowest BCUT2D eigenvalue weighted by atomic mass is 10.3. The zero-order valence-electron chi connectivity index (χ0n) is 10.3. The molecule has 2 aromatic rings. The molecular weight excluding hydrogens is 232 g/mol. The predicted octanol–water partition coefficient (Wildman–Crippen LogP) is 2.59. The van der Waals surface area contributed by atoms with Gasteiger partial charge in [0, 0.05) is 12.7 Å². The fourth-order valence-corrected chi connectivity index (χ4v) is 2.18. The van der Waals surface area contributed by atoms with Crippen LogP contribution in [0.3, 0.4) is 0 Å². The van der Waals surface area contributed by atoms with Gasteiger partial charge in [0.25, 0.3) is 0 Å². The highest BCUT2D eigenvalue weighted by Gasteiger charge is 2.03. The first-order valence-corrected chi connectivity index (χ1v) is 7.25. The Morgan fingerprint density at radius 1 is 1.41 bits per heavy atom. The molecule has 0 aromatic carbocycles. The largest absolute Gasteiger partial charge is 0.353 e. The smallest absolute Gasteiger partial charge is 0.243 e. The molecule has 17 heavy (non-hydrogen) atoms. The van der Waals surface area contributed by atoms with Gasteiger partial charge in [0.2, 0.25) is 5.95 Å². The highest BCUT2D eigenvalue weighted by Crippen LogP contribution is 2.09. The molecule has 2 aromatic heterocycles. The first kappa shape index (κ1) is 12.2. The number of hydrogen-bond acceptors (Lipinski definition) is 4. The number of pyridine rings is 1. The molecule has 1 N–H and O–H groups in total. The highest BCUT2D eigenvalue weighted by molar-refractivity contribution is 7.98. The lowest BCUT2D eigenvalue weighted by Gasteiger charge is -1.99. The van der Waals surface area contributed by atoms with Gasteiger partial charge in [0.05, 0.1) is 0 Å². The lowest BCUT2D eigenvalue weighted by molar-refractivity contribution is 0.832. The first-order chi connectivity index (χ1) is 8.31. The highest BCUT2D eigenvalue weighted by atomic mass is 32.2. The third-order valence-electron chi connectivity index (χ3n) is 2.62. The molecular formula is C12H18N4S. The van der Waals surface area contributed by atoms with Gasteiger partial charge in [-0.25, -0.2) is 4.52 Å². The van der Waals surface area contributed by atoms with Crippen molar-refractivity contribution >= 4 is 23.4 Å². The van der Waals surface area contributed by atoms with Gasteiger partial charge in [0.1, 0.15) is 0 Å². The number of anilines is 1. The molecule has 2 heterocycles. The molecule has 0 unspecified atom stereocenters. The van der Waals surface area contributed by atoms with Crippen molar-refractivity contribution in [3.05, 3.63) is 23.9 Å². The summed E-state index contributed by atoms with van der Waals surface area (Å²) in [5, 5.41) is 7.65. The van der Waals surface area contributed by atoms with E-state index in [1.807, 2.05) is 41.5 Å². The average molecular weight is 250 g/mol. The topological polar surface area (TPSA) is 42.2 Å². The Morgan fingerprint density at radius 2 is 2.29 bits per heavy atom. The summed E-state index contributed by atoms with van der Waals surface area (Å²) in [5.41, 5.74) is 2.08. The van der Waals surface area contributed by atoms with Crippen molar-refractivity contribution in [1.29, 1.82) is 0 Å². The molecule has 2 rings (SSSR count). The molecule has 0 aliphatic heterocycles. The fraction of sp³-hybridized carbons (Fsp3) is 0.500. The molecule has 5 heteroatoms. The van der Waals surface area contributed by atoms with Crippen LogP contribution in [0.25, 0.3) is 5.65 Å². The number of hydrogen-bond donors (Lipinski definition) is 1. The minimum absolute atomic E-state index is 0.725. The van der Waals surface area contributed by atoms with E-state index in [2.05, 4.69) is 21.7 Å². The van der Waals surface area contributed by atoms with Crippen molar-refractivity contribution in [2.24, 2.45) is 0 Å². The van der Waals surface area contributed by atoms with Gasteiger partial charge in [-0.15, -0.1) is 5.10 Å². The number of aromatic nitrogens is 3. The van der Waals surface area contributed by atoms with E-state index >= 15 is 0 Å². The predicted molar refractivity (Wildman–Crippen MR) is 73.8 cm³/mol. The molecule has 0 bridgehead atoms. The Labute approximate surface area is 106 Å². The van der Waals surface area contributed by atoms with Crippen molar-refractivity contribution in [2.45, 2.75) is 19.8 Å². The van der Waals surface area contributed by atoms with Crippen molar-refractivity contribution < 1.29 is 0 Å². The fourth-order valence-electron chi connectivity index (χ4n) is 1.69. The van der Waals surface area contributed by atoms with E-state index in [4.69, 9.17) is 0 Å². The lowest BCUT2D eigenvalue weighted by Crippen LogP contribution is -2.03. The van der Waals surface area contributed by atoms with Crippen LogP contribution in [0.2, 0.25) is 0 Å². The monoisotopic (exact) mass is 250 g/mol. The van der Waals surface area contributed by atoms with Gasteiger partial charge in [-0.2, -0.15) is 16.7 Å². The summed E-state index contributed by atoms with van der Waals surface area (Å²) in [6.07, 6.45) is 6.46. The molecule has 0 saturated carbocycles. The Balaban J connectivity index is 1.93. The van der Waals surface area contributed by atoms with Gasteiger partial charge in [-0.05, 0) is 43.4 Å². The van der Waals surface area contributed by atoms with E-state index in [1.165, 1.54) is 12.2 Å². The number of fused-ring (bicyclic) bond motifs is 1. The van der Waals surface area contributed by atoms with Crippen LogP contribution in [0.4, 0.5) is 5.95 Å². The van der Waals surface area contributed by atoms with E-state index in [1.54, 1.807) is 0 Å². The van der Waals surface area contributed by atoms with Crippen molar-refractivity contribution in [2.75, 3.05) is 23.9 Å². The standard InChI is InChI=1S/C12H18N4S/c1-10-6-5-8-16-11(10)14-12(15-16)13-7-3-4-9-17-2/h5-6,8H,3-4,7,9H2,1-2H3,(H,13,15). The Bertz CT molecular complexity index is 480. The van der Waals surface area contributed by atoms with Crippen molar-refractivity contribution in [3.8, 4) is 0 Å². The van der Waals surface area contributed by atoms with Gasteiger partial charge in [-0.3, -0.25) is 0 Å². The Hall–Kier alpha value is -1.23. The summed E-state index contributed by atoms with van der Waals surface area (Å²) in [5.74, 6) is 1.95. The molecule has 0 fully saturated rings. The van der Waals surface area contributed by atoms with Gasteiger partial charge in [0.15, 0.2) is 5.65 Å². The second kappa shape index (κ2) is 5.91. The van der Waals surface area contributed by atoms with Crippen LogP contribution >= 0.6 is 11.8 Å². The Morgan fingerprint density at radius 3 is 3.06 bits per heavy atom. The van der Waals surface area contributed by atoms with E-state index in [9.17, 15) is 0 Å². The maximum atomic E-state index is 4.47. The first-order valence-electron chi connectivity index (χ1n) is 5.86. The zero-order valence-corrected chi connectivity index (χ0v) is 11.1. The number of thioether (sulfide) groups is 1. The maximum absolute atomic E-state index is 4.47. The van der Waals surface area contributed by atoms with E-state index < -0.39 is 0 Å². The van der Waals surface area contributed by atoms with Crippen LogP contribution < -0.4 is 5.32 Å². The molecule has 0 spiro atoms. The second-order valence-corrected chi connectivity index (χ2v) is 5.01. The number of nitrogens with zero attached hydrogens (tertiary/aromatic N) is 3. The summed E-state index contributed by atoms with van der Waals surface area (Å²) in [6.45, 7) is 2.99. The van der Waals surface area contributed by atoms with Crippen LogP contribution in [0.5, 0.6) is 0 Å². The molecule has 4 nitrogen and oxygen atoms in total. The molecule has 92 valence electrons. The quantitative estimate of drug-likeness (QED) is 0.800. The summed E-state index contributed by atoms with van der Waals surface area (Å²) < 4.78 is 1.82. The summed E-state index contributed by atoms with van der Waals surface area (Å²) in [4.78, 5) is 4.47. The summed E-state index contributed by atoms with van der Waals surface area (Å²) in [7, 11) is 0. The second-order valence-electron chi connectivity index (χ2n) is 4.02. The number of aryl methyl sites for hydroxylation is 1. The van der Waals surface area contributed by atoms with E-state index in [0.717, 1.165) is 30.1 Å². The van der Waals surface area contributed by atoms with E-state index in [-0.39, 0.29) is 0 Å². The minimum Gasteiger partial charge on any atom is -0.353 e. The minimum atomic E-state index is 0.725. The number of unbranched alkanes of at least 4 members (excludes halogenated alkanes) is 1. The van der Waals surface area contributed by atoms with Crippen LogP contribution in [-0.4, -0.2) is 33.2 Å². The summed E-state index contributed by atoms with van der Waals surface area (Å²) >= 11 is 1.89. The zero-order chi connectivity index (χ0) is 12.1. The van der Waals surface area contributed by atoms with Gasteiger partial charge < -0.3 is 5.32 Å². The SMILES string of the molecule is CSCCCCNc1nc2c(C)cccn2n1. The molecule has 0 radical (unpaired) electrons. The van der Waals surface area contributed by atoms with Gasteiger partial charge >= 0.3 is 0 Å². The van der Waals surface area contributed by atoms with Crippen molar-refractivity contribution in [3.63, 3.8) is 0 Å². The van der Waals surface area contributed by atoms with E-state index in [0.29, 0.717) is 0 Å². The maximum Gasteiger partial charge on any atom is 0.243 e. The molecule has 0 atom stereocenters. The average Bonchev–Trinajstić information content (AvgIpc) is 2.73. The number of rotatable bonds is 6. The van der Waals surface area contributed by atoms with Crippen LogP contribution in [0, 0.1) is 6.92 Å². The number of nitrogens with one attached hydrogen (secondary N) is 1. The summed E-state index contributed by atoms with van der Waals surface area (Å²) in [6, 6.07) is 4.03.